The molecule has 1 aliphatic heterocycles. The van der Waals surface area contributed by atoms with Gasteiger partial charge in [-0.3, -0.25) is 4.79 Å². The van der Waals surface area contributed by atoms with E-state index in [2.05, 4.69) is 0 Å². The summed E-state index contributed by atoms with van der Waals surface area (Å²) < 4.78 is 5.07. The van der Waals surface area contributed by atoms with Crippen molar-refractivity contribution in [2.24, 2.45) is 5.73 Å². The largest absolute Gasteiger partial charge is 0.480 e. The van der Waals surface area contributed by atoms with E-state index >= 15 is 0 Å². The number of aliphatic carboxylic acids is 1. The molecular weight excluding hydrogens is 134 g/mol. The molecule has 0 spiro atoms. The summed E-state index contributed by atoms with van der Waals surface area (Å²) in [4.78, 5) is 10.3. The highest BCUT2D eigenvalue weighted by Crippen LogP contribution is 2.14. The van der Waals surface area contributed by atoms with Crippen molar-refractivity contribution in [1.82, 2.24) is 0 Å². The van der Waals surface area contributed by atoms with E-state index in [0.29, 0.717) is 6.61 Å². The summed E-state index contributed by atoms with van der Waals surface area (Å²) in [5, 5.41) is 8.44. The first kappa shape index (κ1) is 7.50. The van der Waals surface area contributed by atoms with Crippen LogP contribution in [0.25, 0.3) is 0 Å². The predicted octanol–water partition coefficient (Wildman–Crippen LogP) is -0.423. The molecule has 4 nitrogen and oxygen atoms in total. The second-order valence-electron chi connectivity index (χ2n) is 2.42. The number of carbonyl (C=O) groups is 1. The van der Waals surface area contributed by atoms with Crippen molar-refractivity contribution in [3.05, 3.63) is 0 Å². The van der Waals surface area contributed by atoms with E-state index < -0.39 is 12.0 Å². The number of carboxylic acid groups (broad SMARTS) is 1. The van der Waals surface area contributed by atoms with Crippen LogP contribution in [-0.4, -0.2) is 29.8 Å². The molecule has 1 fully saturated rings. The van der Waals surface area contributed by atoms with Crippen molar-refractivity contribution in [1.29, 1.82) is 0 Å². The molecule has 4 heteroatoms. The highest BCUT2D eigenvalue weighted by Gasteiger charge is 2.27. The lowest BCUT2D eigenvalue weighted by Crippen LogP contribution is -2.41. The normalized spacial score (nSPS) is 28.3. The van der Waals surface area contributed by atoms with E-state index in [1.54, 1.807) is 0 Å². The summed E-state index contributed by atoms with van der Waals surface area (Å²) in [6.45, 7) is 0.644. The number of nitrogens with two attached hydrogens (primary N) is 1. The SMILES string of the molecule is N[C@@H](C(=O)O)[C@H]1CCCO1. The Bertz CT molecular complexity index is 131. The molecule has 0 bridgehead atoms. The zero-order valence-electron chi connectivity index (χ0n) is 5.62. The van der Waals surface area contributed by atoms with Crippen LogP contribution < -0.4 is 5.73 Å². The Morgan fingerprint density at radius 1 is 1.80 bits per heavy atom. The second kappa shape index (κ2) is 2.98. The standard InChI is InChI=1S/C6H11NO3/c7-5(6(8)9)4-2-1-3-10-4/h4-5H,1-3,7H2,(H,8,9)/t4-,5-/m1/s1. The molecule has 0 aromatic carbocycles. The molecule has 0 unspecified atom stereocenters. The van der Waals surface area contributed by atoms with Gasteiger partial charge >= 0.3 is 5.97 Å². The van der Waals surface area contributed by atoms with Crippen molar-refractivity contribution in [2.45, 2.75) is 25.0 Å². The van der Waals surface area contributed by atoms with Gasteiger partial charge in [-0.25, -0.2) is 0 Å². The molecule has 1 aliphatic rings. The minimum Gasteiger partial charge on any atom is -0.480 e. The lowest BCUT2D eigenvalue weighted by Gasteiger charge is -2.12. The van der Waals surface area contributed by atoms with Crippen molar-refractivity contribution in [2.75, 3.05) is 6.61 Å². The highest BCUT2D eigenvalue weighted by atomic mass is 16.5. The molecule has 58 valence electrons. The number of hydrogen-bond acceptors (Lipinski definition) is 3. The van der Waals surface area contributed by atoms with Crippen LogP contribution in [0.15, 0.2) is 0 Å². The van der Waals surface area contributed by atoms with Crippen LogP contribution in [0.2, 0.25) is 0 Å². The molecule has 0 radical (unpaired) electrons. The van der Waals surface area contributed by atoms with Gasteiger partial charge in [-0.05, 0) is 12.8 Å². The van der Waals surface area contributed by atoms with E-state index in [-0.39, 0.29) is 6.10 Å². The maximum absolute atomic E-state index is 10.3. The third-order valence-corrected chi connectivity index (χ3v) is 1.65. The quantitative estimate of drug-likeness (QED) is 0.553. The molecule has 0 amide bonds. The minimum absolute atomic E-state index is 0.266. The van der Waals surface area contributed by atoms with Gasteiger partial charge in [0, 0.05) is 6.61 Å². The van der Waals surface area contributed by atoms with Crippen molar-refractivity contribution in [3.8, 4) is 0 Å². The van der Waals surface area contributed by atoms with Crippen LogP contribution >= 0.6 is 0 Å². The maximum atomic E-state index is 10.3. The molecule has 10 heavy (non-hydrogen) atoms. The molecule has 2 atom stereocenters. The Hall–Kier alpha value is -0.610. The topological polar surface area (TPSA) is 72.6 Å². The first-order valence-corrected chi connectivity index (χ1v) is 3.32. The molecular formula is C6H11NO3. The molecule has 3 N–H and O–H groups in total. The van der Waals surface area contributed by atoms with Gasteiger partial charge in [0.05, 0.1) is 6.10 Å². The zero-order valence-corrected chi connectivity index (χ0v) is 5.62. The number of carboxylic acids is 1. The zero-order chi connectivity index (χ0) is 7.56. The molecule has 0 saturated carbocycles. The Morgan fingerprint density at radius 3 is 2.90 bits per heavy atom. The van der Waals surface area contributed by atoms with Crippen LogP contribution in [0, 0.1) is 0 Å². The van der Waals surface area contributed by atoms with Crippen molar-refractivity contribution in [3.63, 3.8) is 0 Å². The smallest absolute Gasteiger partial charge is 0.323 e. The van der Waals surface area contributed by atoms with Crippen LogP contribution in [0.3, 0.4) is 0 Å². The van der Waals surface area contributed by atoms with Gasteiger partial charge in [0.2, 0.25) is 0 Å². The van der Waals surface area contributed by atoms with Gasteiger partial charge in [-0.1, -0.05) is 0 Å². The monoisotopic (exact) mass is 145 g/mol. The predicted molar refractivity (Wildman–Crippen MR) is 34.6 cm³/mol. The third kappa shape index (κ3) is 1.46. The van der Waals surface area contributed by atoms with Gasteiger partial charge in [-0.2, -0.15) is 0 Å². The van der Waals surface area contributed by atoms with Crippen LogP contribution in [0.1, 0.15) is 12.8 Å². The summed E-state index contributed by atoms with van der Waals surface area (Å²) >= 11 is 0. The van der Waals surface area contributed by atoms with Crippen LogP contribution in [0.4, 0.5) is 0 Å². The number of rotatable bonds is 2. The Labute approximate surface area is 59.0 Å². The van der Waals surface area contributed by atoms with Gasteiger partial charge in [0.1, 0.15) is 6.04 Å². The highest BCUT2D eigenvalue weighted by molar-refractivity contribution is 5.73. The fraction of sp³-hybridized carbons (Fsp3) is 0.833. The average Bonchev–Trinajstić information content (AvgIpc) is 2.36. The first-order chi connectivity index (χ1) is 4.72. The third-order valence-electron chi connectivity index (χ3n) is 1.65. The molecule has 0 aromatic heterocycles. The van der Waals surface area contributed by atoms with Crippen molar-refractivity contribution >= 4 is 5.97 Å². The van der Waals surface area contributed by atoms with E-state index in [9.17, 15) is 4.79 Å². The van der Waals surface area contributed by atoms with Crippen LogP contribution in [0.5, 0.6) is 0 Å². The lowest BCUT2D eigenvalue weighted by atomic mass is 10.1. The summed E-state index contributed by atoms with van der Waals surface area (Å²) in [5.74, 6) is -0.980. The van der Waals surface area contributed by atoms with E-state index in [4.69, 9.17) is 15.6 Å². The molecule has 0 aliphatic carbocycles. The summed E-state index contributed by atoms with van der Waals surface area (Å²) in [6.07, 6.45) is 1.43. The van der Waals surface area contributed by atoms with E-state index in [0.717, 1.165) is 12.8 Å². The van der Waals surface area contributed by atoms with Gasteiger partial charge in [0.15, 0.2) is 0 Å². The van der Waals surface area contributed by atoms with Crippen molar-refractivity contribution < 1.29 is 14.6 Å². The molecule has 0 aromatic rings. The fourth-order valence-corrected chi connectivity index (χ4v) is 1.04. The Kier molecular flexibility index (Phi) is 2.24. The van der Waals surface area contributed by atoms with Gasteiger partial charge in [-0.15, -0.1) is 0 Å². The summed E-state index contributed by atoms with van der Waals surface area (Å²) in [7, 11) is 0. The maximum Gasteiger partial charge on any atom is 0.323 e. The average molecular weight is 145 g/mol. The minimum atomic E-state index is -0.980. The van der Waals surface area contributed by atoms with E-state index in [1.807, 2.05) is 0 Å². The lowest BCUT2D eigenvalue weighted by molar-refractivity contribution is -0.141. The van der Waals surface area contributed by atoms with Gasteiger partial charge < -0.3 is 15.6 Å². The first-order valence-electron chi connectivity index (χ1n) is 3.32. The summed E-state index contributed by atoms with van der Waals surface area (Å²) in [6, 6.07) is -0.845. The van der Waals surface area contributed by atoms with Crippen LogP contribution in [-0.2, 0) is 9.53 Å². The fourth-order valence-electron chi connectivity index (χ4n) is 1.04. The number of ether oxygens (including phenoxy) is 1. The van der Waals surface area contributed by atoms with E-state index in [1.165, 1.54) is 0 Å². The Morgan fingerprint density at radius 2 is 2.50 bits per heavy atom. The number of hydrogen-bond donors (Lipinski definition) is 2. The molecule has 1 heterocycles. The Balaban J connectivity index is 2.39. The molecule has 1 saturated heterocycles. The molecule has 1 rings (SSSR count). The second-order valence-corrected chi connectivity index (χ2v) is 2.42. The summed E-state index contributed by atoms with van der Waals surface area (Å²) in [5.41, 5.74) is 5.30. The van der Waals surface area contributed by atoms with Gasteiger partial charge in [0.25, 0.3) is 0 Å².